The first-order valence-electron chi connectivity index (χ1n) is 6.85. The van der Waals surface area contributed by atoms with Crippen LogP contribution in [0.3, 0.4) is 0 Å². The molecule has 23 heavy (non-hydrogen) atoms. The molecule has 0 saturated heterocycles. The molecule has 7 heteroatoms. The van der Waals surface area contributed by atoms with Gasteiger partial charge in [0.05, 0.1) is 5.70 Å². The highest BCUT2D eigenvalue weighted by molar-refractivity contribution is 6.13. The molecular formula is C16H12FNO5. The van der Waals surface area contributed by atoms with Gasteiger partial charge in [-0.2, -0.15) is 0 Å². The Morgan fingerprint density at radius 1 is 1.30 bits per heavy atom. The molecule has 2 aliphatic rings. The lowest BCUT2D eigenvalue weighted by atomic mass is 9.87. The monoisotopic (exact) mass is 317 g/mol. The van der Waals surface area contributed by atoms with Crippen LogP contribution in [0.5, 0.6) is 0 Å². The van der Waals surface area contributed by atoms with E-state index in [9.17, 15) is 18.8 Å². The van der Waals surface area contributed by atoms with Gasteiger partial charge in [0.2, 0.25) is 5.76 Å². The zero-order chi connectivity index (χ0) is 16.7. The predicted octanol–water partition coefficient (Wildman–Crippen LogP) is 1.58. The highest BCUT2D eigenvalue weighted by atomic mass is 19.1. The maximum absolute atomic E-state index is 12.9. The Morgan fingerprint density at radius 3 is 2.57 bits per heavy atom. The number of nitrogens with zero attached hydrogens (tertiary/aromatic N) is 1. The van der Waals surface area contributed by atoms with Crippen LogP contribution in [0.2, 0.25) is 0 Å². The third kappa shape index (κ3) is 2.50. The molecule has 1 amide bonds. The molecule has 0 bridgehead atoms. The summed E-state index contributed by atoms with van der Waals surface area (Å²) in [6.45, 7) is 1.51. The second-order valence-electron chi connectivity index (χ2n) is 5.30. The smallest absolute Gasteiger partial charge is 0.374 e. The number of benzene rings is 1. The highest BCUT2D eigenvalue weighted by Gasteiger charge is 2.44. The quantitative estimate of drug-likeness (QED) is 0.856. The minimum absolute atomic E-state index is 0.0881. The molecule has 0 radical (unpaired) electrons. The van der Waals surface area contributed by atoms with Gasteiger partial charge in [-0.3, -0.25) is 9.59 Å². The maximum Gasteiger partial charge on any atom is 0.374 e. The Hall–Kier alpha value is -2.96. The molecule has 0 fully saturated rings. The Kier molecular flexibility index (Phi) is 3.48. The van der Waals surface area contributed by atoms with Crippen LogP contribution >= 0.6 is 0 Å². The van der Waals surface area contributed by atoms with E-state index < -0.39 is 35.2 Å². The minimum atomic E-state index is -1.32. The van der Waals surface area contributed by atoms with E-state index in [1.807, 2.05) is 0 Å². The first-order valence-corrected chi connectivity index (χ1v) is 6.85. The number of ketones is 1. The maximum atomic E-state index is 12.9. The van der Waals surface area contributed by atoms with Crippen LogP contribution in [-0.2, 0) is 25.6 Å². The Morgan fingerprint density at radius 2 is 1.96 bits per heavy atom. The molecule has 118 valence electrons. The van der Waals surface area contributed by atoms with Crippen molar-refractivity contribution < 1.29 is 28.7 Å². The summed E-state index contributed by atoms with van der Waals surface area (Å²) in [5.74, 6) is -4.19. The van der Waals surface area contributed by atoms with E-state index in [4.69, 9.17) is 9.94 Å². The van der Waals surface area contributed by atoms with E-state index in [1.165, 1.54) is 31.2 Å². The number of hydrogen-bond donors (Lipinski definition) is 1. The number of hydrogen-bond acceptors (Lipinski definition) is 4. The second-order valence-corrected chi connectivity index (χ2v) is 5.30. The number of carboxylic acids is 1. The molecule has 1 atom stereocenters. The van der Waals surface area contributed by atoms with E-state index in [2.05, 4.69) is 0 Å². The third-order valence-corrected chi connectivity index (χ3v) is 3.81. The predicted molar refractivity (Wildman–Crippen MR) is 75.0 cm³/mol. The summed E-state index contributed by atoms with van der Waals surface area (Å²) >= 11 is 0. The van der Waals surface area contributed by atoms with Gasteiger partial charge >= 0.3 is 5.97 Å². The van der Waals surface area contributed by atoms with Crippen LogP contribution in [-0.4, -0.2) is 27.8 Å². The average molecular weight is 317 g/mol. The summed E-state index contributed by atoms with van der Waals surface area (Å²) in [5, 5.41) is 9.79. The minimum Gasteiger partial charge on any atom is -0.475 e. The van der Waals surface area contributed by atoms with Gasteiger partial charge in [0.15, 0.2) is 5.78 Å². The molecule has 1 aromatic carbocycles. The first kappa shape index (κ1) is 15.0. The highest BCUT2D eigenvalue weighted by Crippen LogP contribution is 2.33. The summed E-state index contributed by atoms with van der Waals surface area (Å²) in [4.78, 5) is 40.9. The van der Waals surface area contributed by atoms with Crippen molar-refractivity contribution in [3.05, 3.63) is 58.8 Å². The van der Waals surface area contributed by atoms with Crippen LogP contribution in [0.4, 0.5) is 4.39 Å². The fourth-order valence-corrected chi connectivity index (χ4v) is 2.56. The molecule has 1 N–H and O–H groups in total. The number of carbonyl (C=O) groups excluding carboxylic acids is 2. The number of carbonyl (C=O) groups is 3. The third-order valence-electron chi connectivity index (χ3n) is 3.81. The molecule has 2 heterocycles. The van der Waals surface area contributed by atoms with Gasteiger partial charge in [0.1, 0.15) is 11.7 Å². The van der Waals surface area contributed by atoms with E-state index >= 15 is 0 Å². The van der Waals surface area contributed by atoms with Gasteiger partial charge in [0.25, 0.3) is 5.91 Å². The zero-order valence-electron chi connectivity index (χ0n) is 12.1. The first-order chi connectivity index (χ1) is 10.9. The molecule has 1 unspecified atom stereocenters. The number of fused-ring (bicyclic) bond motifs is 1. The number of halogens is 1. The molecule has 3 rings (SSSR count). The molecule has 0 aromatic heterocycles. The summed E-state index contributed by atoms with van der Waals surface area (Å²) in [6, 6.07) is 5.49. The average Bonchev–Trinajstić information content (AvgIpc) is 2.97. The van der Waals surface area contributed by atoms with Crippen LogP contribution in [0.25, 0.3) is 0 Å². The van der Waals surface area contributed by atoms with Gasteiger partial charge in [0, 0.05) is 11.6 Å². The number of allylic oxidation sites excluding steroid dienone is 2. The van der Waals surface area contributed by atoms with E-state index in [0.717, 1.165) is 11.1 Å². The Labute approximate surface area is 130 Å². The number of aliphatic carboxylic acids is 1. The SMILES string of the molecule is CC1=C2C=C(C(=O)O)ON2C(=O)C(Cc2ccc(F)cc2)C1=O. The van der Waals surface area contributed by atoms with Crippen molar-refractivity contribution >= 4 is 17.7 Å². The fourth-order valence-electron chi connectivity index (χ4n) is 2.56. The van der Waals surface area contributed by atoms with Gasteiger partial charge < -0.3 is 9.94 Å². The summed E-state index contributed by atoms with van der Waals surface area (Å²) in [6.07, 6.45) is 1.24. The molecular weight excluding hydrogens is 305 g/mol. The molecule has 2 aliphatic heterocycles. The second kappa shape index (κ2) is 5.35. The fraction of sp³-hybridized carbons (Fsp3) is 0.188. The summed E-state index contributed by atoms with van der Waals surface area (Å²) in [7, 11) is 0. The van der Waals surface area contributed by atoms with Gasteiger partial charge in [-0.05, 0) is 31.0 Å². The van der Waals surface area contributed by atoms with Crippen molar-refractivity contribution in [3.8, 4) is 0 Å². The van der Waals surface area contributed by atoms with Crippen molar-refractivity contribution in [2.75, 3.05) is 0 Å². The Balaban J connectivity index is 1.90. The molecule has 0 aliphatic carbocycles. The molecule has 1 aromatic rings. The summed E-state index contributed by atoms with van der Waals surface area (Å²) < 4.78 is 12.9. The van der Waals surface area contributed by atoms with Crippen LogP contribution in [0.15, 0.2) is 47.4 Å². The van der Waals surface area contributed by atoms with Crippen molar-refractivity contribution in [3.63, 3.8) is 0 Å². The van der Waals surface area contributed by atoms with E-state index in [1.54, 1.807) is 0 Å². The lowest BCUT2D eigenvalue weighted by Gasteiger charge is -2.28. The van der Waals surface area contributed by atoms with E-state index in [0.29, 0.717) is 5.56 Å². The number of amides is 1. The normalized spacial score (nSPS) is 20.3. The van der Waals surface area contributed by atoms with Crippen molar-refractivity contribution in [2.45, 2.75) is 13.3 Å². The number of carboxylic acid groups (broad SMARTS) is 1. The number of Topliss-reactive ketones (excluding diaryl/α,β-unsaturated/α-hetero) is 1. The van der Waals surface area contributed by atoms with Gasteiger partial charge in [-0.15, -0.1) is 5.06 Å². The van der Waals surface area contributed by atoms with Crippen LogP contribution in [0.1, 0.15) is 12.5 Å². The van der Waals surface area contributed by atoms with Crippen molar-refractivity contribution in [1.29, 1.82) is 0 Å². The lowest BCUT2D eigenvalue weighted by molar-refractivity contribution is -0.170. The largest absolute Gasteiger partial charge is 0.475 e. The standard InChI is InChI=1S/C16H12FNO5/c1-8-12-7-13(16(21)22)23-18(12)15(20)11(14(8)19)6-9-2-4-10(17)5-3-9/h2-5,7,11H,6H2,1H3,(H,21,22). The van der Waals surface area contributed by atoms with Crippen LogP contribution < -0.4 is 0 Å². The number of rotatable bonds is 3. The van der Waals surface area contributed by atoms with Crippen LogP contribution in [0, 0.1) is 11.7 Å². The molecule has 6 nitrogen and oxygen atoms in total. The molecule has 0 saturated carbocycles. The molecule has 0 spiro atoms. The summed E-state index contributed by atoms with van der Waals surface area (Å²) in [5.41, 5.74) is 1.03. The Bertz CT molecular complexity index is 778. The van der Waals surface area contributed by atoms with E-state index in [-0.39, 0.29) is 17.7 Å². The topological polar surface area (TPSA) is 83.9 Å². The zero-order valence-corrected chi connectivity index (χ0v) is 12.1. The van der Waals surface area contributed by atoms with Crippen molar-refractivity contribution in [2.24, 2.45) is 5.92 Å². The van der Waals surface area contributed by atoms with Gasteiger partial charge in [-0.1, -0.05) is 12.1 Å². The number of hydroxylamine groups is 2. The van der Waals surface area contributed by atoms with Crippen molar-refractivity contribution in [1.82, 2.24) is 5.06 Å². The lowest BCUT2D eigenvalue weighted by Crippen LogP contribution is -2.43. The van der Waals surface area contributed by atoms with Gasteiger partial charge in [-0.25, -0.2) is 9.18 Å².